The summed E-state index contributed by atoms with van der Waals surface area (Å²) in [6.07, 6.45) is 3.56. The molecule has 90 valence electrons. The van der Waals surface area contributed by atoms with Crippen molar-refractivity contribution in [1.29, 1.82) is 0 Å². The van der Waals surface area contributed by atoms with Crippen molar-refractivity contribution in [3.05, 3.63) is 28.2 Å². The Morgan fingerprint density at radius 2 is 2.00 bits per heavy atom. The molecule has 2 nitrogen and oxygen atoms in total. The Morgan fingerprint density at radius 3 is 2.71 bits per heavy atom. The summed E-state index contributed by atoms with van der Waals surface area (Å²) in [4.78, 5) is 12.1. The second kappa shape index (κ2) is 4.13. The molecule has 0 saturated heterocycles. The van der Waals surface area contributed by atoms with Gasteiger partial charge >= 0.3 is 0 Å². The average molecular weight is 294 g/mol. The number of halogens is 1. The van der Waals surface area contributed by atoms with E-state index in [4.69, 9.17) is 0 Å². The fourth-order valence-corrected chi connectivity index (χ4v) is 3.25. The maximum atomic E-state index is 12.1. The first-order valence-corrected chi connectivity index (χ1v) is 7.00. The number of amides is 1. The van der Waals surface area contributed by atoms with Crippen molar-refractivity contribution in [2.75, 3.05) is 5.32 Å². The number of benzene rings is 1. The van der Waals surface area contributed by atoms with Gasteiger partial charge in [0.05, 0.1) is 0 Å². The largest absolute Gasteiger partial charge is 0.326 e. The first-order valence-electron chi connectivity index (χ1n) is 6.20. The van der Waals surface area contributed by atoms with Crippen molar-refractivity contribution < 1.29 is 4.79 Å². The third-order valence-corrected chi connectivity index (χ3v) is 4.57. The molecule has 0 spiro atoms. The van der Waals surface area contributed by atoms with E-state index in [-0.39, 0.29) is 11.8 Å². The molecule has 3 rings (SSSR count). The van der Waals surface area contributed by atoms with Gasteiger partial charge in [-0.05, 0) is 55.7 Å². The van der Waals surface area contributed by atoms with Crippen LogP contribution in [0.25, 0.3) is 0 Å². The summed E-state index contributed by atoms with van der Waals surface area (Å²) in [5.74, 6) is 2.17. The van der Waals surface area contributed by atoms with E-state index in [1.807, 2.05) is 25.1 Å². The van der Waals surface area contributed by atoms with Gasteiger partial charge in [-0.25, -0.2) is 0 Å². The molecule has 1 aromatic rings. The van der Waals surface area contributed by atoms with Crippen molar-refractivity contribution >= 4 is 27.5 Å². The van der Waals surface area contributed by atoms with Gasteiger partial charge in [0.1, 0.15) is 0 Å². The van der Waals surface area contributed by atoms with Gasteiger partial charge < -0.3 is 5.32 Å². The predicted octanol–water partition coefficient (Wildman–Crippen LogP) is 3.74. The molecule has 2 fully saturated rings. The van der Waals surface area contributed by atoms with Crippen LogP contribution < -0.4 is 5.32 Å². The third kappa shape index (κ3) is 2.25. The zero-order valence-corrected chi connectivity index (χ0v) is 11.5. The van der Waals surface area contributed by atoms with Gasteiger partial charge in [-0.3, -0.25) is 4.79 Å². The van der Waals surface area contributed by atoms with Crippen LogP contribution in [0.5, 0.6) is 0 Å². The summed E-state index contributed by atoms with van der Waals surface area (Å²) in [5, 5.41) is 3.07. The first kappa shape index (κ1) is 11.3. The van der Waals surface area contributed by atoms with Gasteiger partial charge in [-0.1, -0.05) is 22.0 Å². The second-order valence-electron chi connectivity index (χ2n) is 5.37. The summed E-state index contributed by atoms with van der Waals surface area (Å²) in [6, 6.07) is 5.99. The molecule has 1 amide bonds. The first-order chi connectivity index (χ1) is 8.13. The van der Waals surface area contributed by atoms with Crippen LogP contribution >= 0.6 is 15.9 Å². The number of carbonyl (C=O) groups is 1. The minimum absolute atomic E-state index is 0.207. The Bertz CT molecular complexity index is 461. The molecule has 0 radical (unpaired) electrons. The number of anilines is 1. The molecule has 1 aromatic carbocycles. The Morgan fingerprint density at radius 1 is 1.29 bits per heavy atom. The number of nitrogens with one attached hydrogen (secondary N) is 1. The van der Waals surface area contributed by atoms with Gasteiger partial charge in [0.25, 0.3) is 0 Å². The van der Waals surface area contributed by atoms with E-state index in [0.29, 0.717) is 0 Å². The lowest BCUT2D eigenvalue weighted by Crippen LogP contribution is -2.22. The van der Waals surface area contributed by atoms with Crippen LogP contribution in [0, 0.1) is 24.7 Å². The molecule has 1 N–H and O–H groups in total. The number of aryl methyl sites for hydroxylation is 1. The van der Waals surface area contributed by atoms with Crippen LogP contribution in [-0.4, -0.2) is 5.91 Å². The Hall–Kier alpha value is -0.830. The van der Waals surface area contributed by atoms with Crippen molar-refractivity contribution in [1.82, 2.24) is 0 Å². The fourth-order valence-electron chi connectivity index (χ4n) is 2.89. The van der Waals surface area contributed by atoms with E-state index < -0.39 is 0 Å². The number of fused-ring (bicyclic) bond motifs is 1. The van der Waals surface area contributed by atoms with Crippen LogP contribution in [0.4, 0.5) is 5.69 Å². The lowest BCUT2D eigenvalue weighted by molar-refractivity contribution is -0.120. The second-order valence-corrected chi connectivity index (χ2v) is 6.29. The number of hydrogen-bond acceptors (Lipinski definition) is 1. The highest BCUT2D eigenvalue weighted by Gasteiger charge is 2.47. The SMILES string of the molecule is Cc1ccc(Br)cc1NC(=O)C1CC2CC2C1. The minimum Gasteiger partial charge on any atom is -0.326 e. The lowest BCUT2D eigenvalue weighted by Gasteiger charge is -2.14. The van der Waals surface area contributed by atoms with E-state index in [2.05, 4.69) is 21.2 Å². The molecule has 0 heterocycles. The maximum Gasteiger partial charge on any atom is 0.227 e. The van der Waals surface area contributed by atoms with Gasteiger partial charge in [-0.15, -0.1) is 0 Å². The Labute approximate surface area is 110 Å². The highest BCUT2D eigenvalue weighted by molar-refractivity contribution is 9.10. The molecular weight excluding hydrogens is 278 g/mol. The Kier molecular flexibility index (Phi) is 2.74. The molecule has 0 aliphatic heterocycles. The van der Waals surface area contributed by atoms with Crippen LogP contribution in [0.15, 0.2) is 22.7 Å². The zero-order valence-electron chi connectivity index (χ0n) is 9.87. The zero-order chi connectivity index (χ0) is 12.0. The van der Waals surface area contributed by atoms with Crippen LogP contribution in [0.3, 0.4) is 0 Å². The summed E-state index contributed by atoms with van der Waals surface area (Å²) >= 11 is 3.44. The molecule has 2 aliphatic rings. The summed E-state index contributed by atoms with van der Waals surface area (Å²) in [7, 11) is 0. The van der Waals surface area contributed by atoms with Crippen molar-refractivity contribution in [3.8, 4) is 0 Å². The molecular formula is C14H16BrNO. The van der Waals surface area contributed by atoms with Crippen LogP contribution in [0.1, 0.15) is 24.8 Å². The van der Waals surface area contributed by atoms with E-state index in [9.17, 15) is 4.79 Å². The van der Waals surface area contributed by atoms with E-state index in [1.165, 1.54) is 6.42 Å². The van der Waals surface area contributed by atoms with Crippen molar-refractivity contribution in [3.63, 3.8) is 0 Å². The third-order valence-electron chi connectivity index (χ3n) is 4.07. The van der Waals surface area contributed by atoms with Crippen LogP contribution in [0.2, 0.25) is 0 Å². The monoisotopic (exact) mass is 293 g/mol. The van der Waals surface area contributed by atoms with Crippen molar-refractivity contribution in [2.24, 2.45) is 17.8 Å². The minimum atomic E-state index is 0.207. The average Bonchev–Trinajstić information content (AvgIpc) is 2.91. The highest BCUT2D eigenvalue weighted by atomic mass is 79.9. The summed E-state index contributed by atoms with van der Waals surface area (Å²) in [5.41, 5.74) is 2.05. The molecule has 3 heteroatoms. The Balaban J connectivity index is 1.69. The molecule has 2 saturated carbocycles. The molecule has 2 atom stereocenters. The summed E-state index contributed by atoms with van der Waals surface area (Å²) < 4.78 is 1.01. The van der Waals surface area contributed by atoms with Crippen LogP contribution in [-0.2, 0) is 4.79 Å². The molecule has 2 aliphatic carbocycles. The van der Waals surface area contributed by atoms with E-state index in [0.717, 1.165) is 40.4 Å². The highest BCUT2D eigenvalue weighted by Crippen LogP contribution is 2.54. The normalized spacial score (nSPS) is 29.9. The smallest absolute Gasteiger partial charge is 0.227 e. The van der Waals surface area contributed by atoms with Crippen molar-refractivity contribution in [2.45, 2.75) is 26.2 Å². The number of carbonyl (C=O) groups excluding carboxylic acids is 1. The fraction of sp³-hybridized carbons (Fsp3) is 0.500. The standard InChI is InChI=1S/C14H16BrNO/c1-8-2-3-12(15)7-13(8)16-14(17)11-5-9-4-10(9)6-11/h2-3,7,9-11H,4-6H2,1H3,(H,16,17). The molecule has 17 heavy (non-hydrogen) atoms. The van der Waals surface area contributed by atoms with Gasteiger partial charge in [0.15, 0.2) is 0 Å². The van der Waals surface area contributed by atoms with Gasteiger partial charge in [-0.2, -0.15) is 0 Å². The van der Waals surface area contributed by atoms with Gasteiger partial charge in [0, 0.05) is 16.1 Å². The number of rotatable bonds is 2. The molecule has 0 bridgehead atoms. The maximum absolute atomic E-state index is 12.1. The van der Waals surface area contributed by atoms with Gasteiger partial charge in [0.2, 0.25) is 5.91 Å². The quantitative estimate of drug-likeness (QED) is 0.884. The van der Waals surface area contributed by atoms with E-state index in [1.54, 1.807) is 0 Å². The summed E-state index contributed by atoms with van der Waals surface area (Å²) in [6.45, 7) is 2.02. The van der Waals surface area contributed by atoms with E-state index >= 15 is 0 Å². The topological polar surface area (TPSA) is 29.1 Å². The number of hydrogen-bond donors (Lipinski definition) is 1. The lowest BCUT2D eigenvalue weighted by atomic mass is 10.0. The molecule has 2 unspecified atom stereocenters. The predicted molar refractivity (Wildman–Crippen MR) is 71.8 cm³/mol. The molecule has 0 aromatic heterocycles.